The fourth-order valence-corrected chi connectivity index (χ4v) is 2.06. The van der Waals surface area contributed by atoms with Crippen LogP contribution >= 0.6 is 0 Å². The molecule has 0 radical (unpaired) electrons. The number of carbonyl (C=O) groups is 1. The van der Waals surface area contributed by atoms with Gasteiger partial charge in [-0.05, 0) is 30.2 Å². The lowest BCUT2D eigenvalue weighted by molar-refractivity contribution is 0.0793. The van der Waals surface area contributed by atoms with Crippen molar-refractivity contribution in [3.63, 3.8) is 0 Å². The van der Waals surface area contributed by atoms with E-state index in [2.05, 4.69) is 0 Å². The van der Waals surface area contributed by atoms with Crippen molar-refractivity contribution in [2.45, 2.75) is 6.42 Å². The van der Waals surface area contributed by atoms with Crippen LogP contribution in [0.2, 0.25) is 0 Å². The van der Waals surface area contributed by atoms with E-state index in [4.69, 9.17) is 4.74 Å². The summed E-state index contributed by atoms with van der Waals surface area (Å²) in [4.78, 5) is 14.0. The molecule has 110 valence electrons. The molecule has 0 spiro atoms. The van der Waals surface area contributed by atoms with Crippen LogP contribution in [0.4, 0.5) is 0 Å². The number of methoxy groups -OCH3 is 1. The number of nitrogens with zero attached hydrogens (tertiary/aromatic N) is 1. The van der Waals surface area contributed by atoms with E-state index in [-0.39, 0.29) is 17.2 Å². The summed E-state index contributed by atoms with van der Waals surface area (Å²) in [5, 5.41) is 9.83. The minimum Gasteiger partial charge on any atom is -0.507 e. The van der Waals surface area contributed by atoms with E-state index in [0.717, 1.165) is 6.42 Å². The van der Waals surface area contributed by atoms with Crippen LogP contribution in [0.15, 0.2) is 48.5 Å². The van der Waals surface area contributed by atoms with Crippen molar-refractivity contribution in [3.05, 3.63) is 59.7 Å². The minimum absolute atomic E-state index is 0.0349. The average molecular weight is 285 g/mol. The molecule has 0 aliphatic rings. The Labute approximate surface area is 124 Å². The standard InChI is InChI=1S/C17H19NO3/c1-18(11-10-13-6-4-3-5-7-13)17(20)15-12-14(21-2)8-9-16(15)19/h3-9,12,19H,10-11H2,1-2H3. The number of carbonyl (C=O) groups excluding carboxylic acids is 1. The largest absolute Gasteiger partial charge is 0.507 e. The molecule has 1 N–H and O–H groups in total. The van der Waals surface area contributed by atoms with E-state index < -0.39 is 0 Å². The van der Waals surface area contributed by atoms with Crippen molar-refractivity contribution in [3.8, 4) is 11.5 Å². The number of rotatable bonds is 5. The fourth-order valence-electron chi connectivity index (χ4n) is 2.06. The Morgan fingerprint density at radius 2 is 1.90 bits per heavy atom. The maximum Gasteiger partial charge on any atom is 0.257 e. The quantitative estimate of drug-likeness (QED) is 0.919. The number of hydrogen-bond donors (Lipinski definition) is 1. The highest BCUT2D eigenvalue weighted by Gasteiger charge is 2.16. The summed E-state index contributed by atoms with van der Waals surface area (Å²) in [5.41, 5.74) is 1.43. The van der Waals surface area contributed by atoms with Crippen LogP contribution in [-0.2, 0) is 6.42 Å². The topological polar surface area (TPSA) is 49.8 Å². The van der Waals surface area contributed by atoms with Crippen molar-refractivity contribution in [2.75, 3.05) is 20.7 Å². The lowest BCUT2D eigenvalue weighted by Gasteiger charge is -2.18. The summed E-state index contributed by atoms with van der Waals surface area (Å²) < 4.78 is 5.09. The number of phenolic OH excluding ortho intramolecular Hbond substituents is 1. The van der Waals surface area contributed by atoms with Crippen LogP contribution in [-0.4, -0.2) is 36.6 Å². The maximum absolute atomic E-state index is 12.4. The lowest BCUT2D eigenvalue weighted by Crippen LogP contribution is -2.28. The monoisotopic (exact) mass is 285 g/mol. The zero-order chi connectivity index (χ0) is 15.2. The van der Waals surface area contributed by atoms with E-state index in [1.54, 1.807) is 24.1 Å². The van der Waals surface area contributed by atoms with Crippen LogP contribution in [0, 0.1) is 0 Å². The summed E-state index contributed by atoms with van der Waals surface area (Å²) in [5.74, 6) is 0.294. The highest BCUT2D eigenvalue weighted by atomic mass is 16.5. The van der Waals surface area contributed by atoms with Crippen molar-refractivity contribution in [1.82, 2.24) is 4.90 Å². The molecule has 2 aromatic rings. The van der Waals surface area contributed by atoms with Gasteiger partial charge in [0.1, 0.15) is 11.5 Å². The lowest BCUT2D eigenvalue weighted by atomic mass is 10.1. The van der Waals surface area contributed by atoms with Gasteiger partial charge in [0, 0.05) is 13.6 Å². The van der Waals surface area contributed by atoms with E-state index in [0.29, 0.717) is 12.3 Å². The van der Waals surface area contributed by atoms with E-state index in [1.165, 1.54) is 18.7 Å². The minimum atomic E-state index is -0.220. The highest BCUT2D eigenvalue weighted by Crippen LogP contribution is 2.24. The van der Waals surface area contributed by atoms with Gasteiger partial charge in [0.2, 0.25) is 0 Å². The number of phenols is 1. The van der Waals surface area contributed by atoms with Gasteiger partial charge < -0.3 is 14.7 Å². The second-order valence-corrected chi connectivity index (χ2v) is 4.85. The molecule has 2 aromatic carbocycles. The van der Waals surface area contributed by atoms with Crippen molar-refractivity contribution in [2.24, 2.45) is 0 Å². The first kappa shape index (κ1) is 14.9. The van der Waals surface area contributed by atoms with Gasteiger partial charge in [0.15, 0.2) is 0 Å². The third-order valence-corrected chi connectivity index (χ3v) is 3.36. The van der Waals surface area contributed by atoms with Crippen LogP contribution < -0.4 is 4.74 Å². The molecule has 0 fully saturated rings. The zero-order valence-corrected chi connectivity index (χ0v) is 12.2. The number of hydrogen-bond acceptors (Lipinski definition) is 3. The molecule has 0 saturated heterocycles. The van der Waals surface area contributed by atoms with Crippen LogP contribution in [0.5, 0.6) is 11.5 Å². The molecule has 0 aliphatic heterocycles. The number of benzene rings is 2. The Balaban J connectivity index is 2.05. The Morgan fingerprint density at radius 3 is 2.57 bits per heavy atom. The summed E-state index contributed by atoms with van der Waals surface area (Å²) in [6.45, 7) is 0.583. The van der Waals surface area contributed by atoms with Gasteiger partial charge in [-0.25, -0.2) is 0 Å². The Morgan fingerprint density at radius 1 is 1.19 bits per heavy atom. The second-order valence-electron chi connectivity index (χ2n) is 4.85. The normalized spacial score (nSPS) is 10.2. The first-order chi connectivity index (χ1) is 10.1. The molecule has 1 amide bonds. The Kier molecular flexibility index (Phi) is 4.82. The van der Waals surface area contributed by atoms with Gasteiger partial charge in [-0.3, -0.25) is 4.79 Å². The smallest absolute Gasteiger partial charge is 0.257 e. The van der Waals surface area contributed by atoms with Gasteiger partial charge in [-0.15, -0.1) is 0 Å². The van der Waals surface area contributed by atoms with E-state index >= 15 is 0 Å². The fraction of sp³-hybridized carbons (Fsp3) is 0.235. The molecule has 0 atom stereocenters. The van der Waals surface area contributed by atoms with Crippen molar-refractivity contribution in [1.29, 1.82) is 0 Å². The van der Waals surface area contributed by atoms with E-state index in [9.17, 15) is 9.90 Å². The van der Waals surface area contributed by atoms with Gasteiger partial charge in [0.05, 0.1) is 12.7 Å². The van der Waals surface area contributed by atoms with E-state index in [1.807, 2.05) is 30.3 Å². The highest BCUT2D eigenvalue weighted by molar-refractivity contribution is 5.97. The van der Waals surface area contributed by atoms with Crippen LogP contribution in [0.25, 0.3) is 0 Å². The molecule has 21 heavy (non-hydrogen) atoms. The second kappa shape index (κ2) is 6.79. The Bertz CT molecular complexity index is 611. The van der Waals surface area contributed by atoms with Gasteiger partial charge in [-0.1, -0.05) is 30.3 Å². The average Bonchev–Trinajstić information content (AvgIpc) is 2.53. The number of aromatic hydroxyl groups is 1. The first-order valence-corrected chi connectivity index (χ1v) is 6.78. The Hall–Kier alpha value is -2.49. The number of ether oxygens (including phenoxy) is 1. The molecule has 0 aromatic heterocycles. The molecule has 0 heterocycles. The molecule has 0 saturated carbocycles. The SMILES string of the molecule is COc1ccc(O)c(C(=O)N(C)CCc2ccccc2)c1. The van der Waals surface area contributed by atoms with Crippen molar-refractivity contribution >= 4 is 5.91 Å². The molecule has 2 rings (SSSR count). The van der Waals surface area contributed by atoms with Gasteiger partial charge >= 0.3 is 0 Å². The molecular weight excluding hydrogens is 266 g/mol. The maximum atomic E-state index is 12.4. The summed E-state index contributed by atoms with van der Waals surface area (Å²) in [6.07, 6.45) is 0.772. The number of likely N-dealkylation sites (N-methyl/N-ethyl adjacent to an activating group) is 1. The third kappa shape index (κ3) is 3.75. The summed E-state index contributed by atoms with van der Waals surface area (Å²) >= 11 is 0. The van der Waals surface area contributed by atoms with Crippen molar-refractivity contribution < 1.29 is 14.6 Å². The predicted octanol–water partition coefficient (Wildman–Crippen LogP) is 2.72. The first-order valence-electron chi connectivity index (χ1n) is 6.78. The van der Waals surface area contributed by atoms with Crippen LogP contribution in [0.3, 0.4) is 0 Å². The number of amides is 1. The summed E-state index contributed by atoms with van der Waals surface area (Å²) in [6, 6.07) is 14.6. The molecule has 0 aliphatic carbocycles. The molecule has 4 nitrogen and oxygen atoms in total. The molecule has 4 heteroatoms. The summed E-state index contributed by atoms with van der Waals surface area (Å²) in [7, 11) is 3.25. The third-order valence-electron chi connectivity index (χ3n) is 3.36. The van der Waals surface area contributed by atoms with Gasteiger partial charge in [0.25, 0.3) is 5.91 Å². The van der Waals surface area contributed by atoms with Crippen LogP contribution in [0.1, 0.15) is 15.9 Å². The van der Waals surface area contributed by atoms with Gasteiger partial charge in [-0.2, -0.15) is 0 Å². The zero-order valence-electron chi connectivity index (χ0n) is 12.2. The molecular formula is C17H19NO3. The molecule has 0 bridgehead atoms. The predicted molar refractivity (Wildman–Crippen MR) is 81.8 cm³/mol. The molecule has 0 unspecified atom stereocenters.